The molecule has 5 nitrogen and oxygen atoms in total. The smallest absolute Gasteiger partial charge is 0.217 e. The van der Waals surface area contributed by atoms with Gasteiger partial charge in [0.05, 0.1) is 5.69 Å². The summed E-state index contributed by atoms with van der Waals surface area (Å²) in [6.07, 6.45) is 5.77. The van der Waals surface area contributed by atoms with Gasteiger partial charge in [-0.05, 0) is 43.6 Å². The van der Waals surface area contributed by atoms with E-state index in [4.69, 9.17) is 0 Å². The zero-order valence-electron chi connectivity index (χ0n) is 12.5. The van der Waals surface area contributed by atoms with E-state index in [9.17, 15) is 8.42 Å². The average molecular weight is 299 g/mol. The minimum Gasteiger partial charge on any atom is -0.272 e. The van der Waals surface area contributed by atoms with E-state index in [1.807, 2.05) is 0 Å². The first kappa shape index (κ1) is 15.5. The van der Waals surface area contributed by atoms with Gasteiger partial charge in [-0.2, -0.15) is 5.10 Å². The zero-order chi connectivity index (χ0) is 14.8. The van der Waals surface area contributed by atoms with Crippen molar-refractivity contribution >= 4 is 10.0 Å². The highest BCUT2D eigenvalue weighted by Gasteiger charge is 2.26. The van der Waals surface area contributed by atoms with E-state index in [1.54, 1.807) is 24.0 Å². The molecule has 1 aliphatic carbocycles. The Morgan fingerprint density at radius 3 is 2.50 bits per heavy atom. The Kier molecular flexibility index (Phi) is 4.86. The van der Waals surface area contributed by atoms with Gasteiger partial charge in [-0.3, -0.25) is 4.68 Å². The van der Waals surface area contributed by atoms with Crippen LogP contribution in [0.5, 0.6) is 0 Å². The van der Waals surface area contributed by atoms with Crippen LogP contribution >= 0.6 is 0 Å². The number of hydrogen-bond donors (Lipinski definition) is 1. The van der Waals surface area contributed by atoms with Crippen LogP contribution < -0.4 is 4.72 Å². The lowest BCUT2D eigenvalue weighted by atomic mass is 9.80. The zero-order valence-corrected chi connectivity index (χ0v) is 13.4. The predicted octanol–water partition coefficient (Wildman–Crippen LogP) is 2.05. The van der Waals surface area contributed by atoms with Gasteiger partial charge in [0.15, 0.2) is 0 Å². The van der Waals surface area contributed by atoms with E-state index in [0.717, 1.165) is 31.6 Å². The third-order valence-electron chi connectivity index (χ3n) is 4.32. The lowest BCUT2D eigenvalue weighted by Crippen LogP contribution is -2.39. The number of nitrogens with one attached hydrogen (secondary N) is 1. The van der Waals surface area contributed by atoms with E-state index < -0.39 is 10.0 Å². The minimum absolute atomic E-state index is 0.00755. The molecule has 0 bridgehead atoms. The number of hydrogen-bond acceptors (Lipinski definition) is 3. The number of nitrogens with zero attached hydrogens (tertiary/aromatic N) is 2. The van der Waals surface area contributed by atoms with Crippen LogP contribution in [0.2, 0.25) is 0 Å². The maximum atomic E-state index is 12.2. The molecule has 0 radical (unpaired) electrons. The maximum Gasteiger partial charge on any atom is 0.217 e. The number of sulfonamides is 1. The van der Waals surface area contributed by atoms with Crippen molar-refractivity contribution < 1.29 is 8.42 Å². The monoisotopic (exact) mass is 299 g/mol. The van der Waals surface area contributed by atoms with E-state index >= 15 is 0 Å². The Balaban J connectivity index is 1.88. The largest absolute Gasteiger partial charge is 0.272 e. The molecule has 0 atom stereocenters. The summed E-state index contributed by atoms with van der Waals surface area (Å²) < 4.78 is 28.8. The summed E-state index contributed by atoms with van der Waals surface area (Å²) in [5.74, 6) is 1.45. The summed E-state index contributed by atoms with van der Waals surface area (Å²) in [5, 5.41) is 4.00. The quantitative estimate of drug-likeness (QED) is 0.905. The molecule has 20 heavy (non-hydrogen) atoms. The van der Waals surface area contributed by atoms with Gasteiger partial charge >= 0.3 is 0 Å². The Hall–Kier alpha value is -0.880. The molecule has 0 aromatic carbocycles. The van der Waals surface area contributed by atoms with Crippen LogP contribution in [0.15, 0.2) is 12.3 Å². The van der Waals surface area contributed by atoms with E-state index in [-0.39, 0.29) is 11.8 Å². The SMILES string of the molecule is CC(C)C1CCC(NS(=O)(=O)Cc2ccnn2C)CC1. The molecule has 0 saturated heterocycles. The third-order valence-corrected chi connectivity index (χ3v) is 5.69. The fourth-order valence-electron chi connectivity index (χ4n) is 2.94. The molecule has 6 heteroatoms. The van der Waals surface area contributed by atoms with Crippen LogP contribution in [-0.2, 0) is 22.8 Å². The molecular weight excluding hydrogens is 274 g/mol. The van der Waals surface area contributed by atoms with Gasteiger partial charge in [-0.15, -0.1) is 0 Å². The van der Waals surface area contributed by atoms with Gasteiger partial charge in [0.1, 0.15) is 5.75 Å². The summed E-state index contributed by atoms with van der Waals surface area (Å²) in [4.78, 5) is 0. The molecule has 114 valence electrons. The van der Waals surface area contributed by atoms with Crippen LogP contribution in [0.4, 0.5) is 0 Å². The summed E-state index contributed by atoms with van der Waals surface area (Å²) in [7, 11) is -1.51. The molecule has 0 aliphatic heterocycles. The average Bonchev–Trinajstić information content (AvgIpc) is 2.74. The second kappa shape index (κ2) is 6.26. The van der Waals surface area contributed by atoms with Gasteiger partial charge in [-0.1, -0.05) is 13.8 Å². The fraction of sp³-hybridized carbons (Fsp3) is 0.786. The highest BCUT2D eigenvalue weighted by Crippen LogP contribution is 2.30. The van der Waals surface area contributed by atoms with E-state index in [1.165, 1.54) is 0 Å². The number of rotatable bonds is 5. The van der Waals surface area contributed by atoms with Crippen molar-refractivity contribution in [3.05, 3.63) is 18.0 Å². The number of aromatic nitrogens is 2. The van der Waals surface area contributed by atoms with Crippen LogP contribution in [0.1, 0.15) is 45.2 Å². The second-order valence-electron chi connectivity index (χ2n) is 6.18. The van der Waals surface area contributed by atoms with Crippen LogP contribution in [0.25, 0.3) is 0 Å². The van der Waals surface area contributed by atoms with Crippen molar-refractivity contribution in [2.24, 2.45) is 18.9 Å². The number of aryl methyl sites for hydroxylation is 1. The van der Waals surface area contributed by atoms with Crippen molar-refractivity contribution in [1.29, 1.82) is 0 Å². The minimum atomic E-state index is -3.28. The van der Waals surface area contributed by atoms with E-state index in [0.29, 0.717) is 11.6 Å². The van der Waals surface area contributed by atoms with Crippen LogP contribution in [0.3, 0.4) is 0 Å². The molecular formula is C14H25N3O2S. The summed E-state index contributed by atoms with van der Waals surface area (Å²) in [6.45, 7) is 4.50. The third kappa shape index (κ3) is 4.06. The van der Waals surface area contributed by atoms with Gasteiger partial charge in [-0.25, -0.2) is 13.1 Å². The van der Waals surface area contributed by atoms with Crippen molar-refractivity contribution in [2.45, 2.75) is 51.3 Å². The van der Waals surface area contributed by atoms with Gasteiger partial charge in [0.2, 0.25) is 10.0 Å². The van der Waals surface area contributed by atoms with Crippen LogP contribution in [-0.4, -0.2) is 24.2 Å². The molecule has 1 fully saturated rings. The highest BCUT2D eigenvalue weighted by atomic mass is 32.2. The predicted molar refractivity (Wildman–Crippen MR) is 79.6 cm³/mol. The lowest BCUT2D eigenvalue weighted by molar-refractivity contribution is 0.252. The molecule has 0 spiro atoms. The van der Waals surface area contributed by atoms with Gasteiger partial charge in [0, 0.05) is 19.3 Å². The first-order valence-corrected chi connectivity index (χ1v) is 8.99. The molecule has 0 unspecified atom stereocenters. The topological polar surface area (TPSA) is 64.0 Å². The second-order valence-corrected chi connectivity index (χ2v) is 7.93. The maximum absolute atomic E-state index is 12.2. The molecule has 1 aromatic heterocycles. The Morgan fingerprint density at radius 1 is 1.35 bits per heavy atom. The Morgan fingerprint density at radius 2 is 2.00 bits per heavy atom. The fourth-order valence-corrected chi connectivity index (χ4v) is 4.44. The molecule has 2 rings (SSSR count). The first-order valence-electron chi connectivity index (χ1n) is 7.34. The summed E-state index contributed by atoms with van der Waals surface area (Å²) in [6, 6.07) is 1.85. The molecule has 1 aliphatic rings. The normalized spacial score (nSPS) is 24.2. The Bertz CT molecular complexity index is 528. The summed E-state index contributed by atoms with van der Waals surface area (Å²) in [5.41, 5.74) is 0.716. The van der Waals surface area contributed by atoms with Crippen molar-refractivity contribution in [3.63, 3.8) is 0 Å². The van der Waals surface area contributed by atoms with Gasteiger partial charge < -0.3 is 0 Å². The van der Waals surface area contributed by atoms with E-state index in [2.05, 4.69) is 23.7 Å². The van der Waals surface area contributed by atoms with Crippen LogP contribution in [0, 0.1) is 11.8 Å². The Labute approximate surface area is 121 Å². The van der Waals surface area contributed by atoms with Gasteiger partial charge in [0.25, 0.3) is 0 Å². The standard InChI is InChI=1S/C14H25N3O2S/c1-11(2)12-4-6-13(7-5-12)16-20(18,19)10-14-8-9-15-17(14)3/h8-9,11-13,16H,4-7,10H2,1-3H3. The van der Waals surface area contributed by atoms with Crippen molar-refractivity contribution in [1.82, 2.24) is 14.5 Å². The molecule has 1 N–H and O–H groups in total. The molecule has 0 amide bonds. The molecule has 1 aromatic rings. The van der Waals surface area contributed by atoms with Crippen molar-refractivity contribution in [3.8, 4) is 0 Å². The van der Waals surface area contributed by atoms with Crippen molar-refractivity contribution in [2.75, 3.05) is 0 Å². The molecule has 1 heterocycles. The summed E-state index contributed by atoms with van der Waals surface area (Å²) >= 11 is 0. The lowest BCUT2D eigenvalue weighted by Gasteiger charge is -2.31. The highest BCUT2D eigenvalue weighted by molar-refractivity contribution is 7.88. The first-order chi connectivity index (χ1) is 9.37. The molecule has 1 saturated carbocycles.